The van der Waals surface area contributed by atoms with Crippen LogP contribution in [0.15, 0.2) is 40.9 Å². The number of amides is 1. The van der Waals surface area contributed by atoms with Gasteiger partial charge in [0.25, 0.3) is 5.91 Å². The monoisotopic (exact) mass is 473 g/mol. The Morgan fingerprint density at radius 2 is 1.67 bits per heavy atom. The zero-order valence-electron chi connectivity index (χ0n) is 18.1. The van der Waals surface area contributed by atoms with E-state index in [2.05, 4.69) is 15.9 Å². The van der Waals surface area contributed by atoms with Crippen LogP contribution >= 0.6 is 15.9 Å². The maximum atomic E-state index is 13.7. The van der Waals surface area contributed by atoms with Gasteiger partial charge < -0.3 is 19.5 Å². The summed E-state index contributed by atoms with van der Waals surface area (Å²) in [4.78, 5) is 15.5. The lowest BCUT2D eigenvalue weighted by molar-refractivity contribution is -0.154. The maximum Gasteiger partial charge on any atom is 0.256 e. The van der Waals surface area contributed by atoms with Crippen LogP contribution in [0.25, 0.3) is 0 Å². The molecule has 2 aromatic rings. The zero-order valence-corrected chi connectivity index (χ0v) is 19.7. The van der Waals surface area contributed by atoms with Crippen molar-refractivity contribution in [2.24, 2.45) is 5.41 Å². The lowest BCUT2D eigenvalue weighted by Gasteiger charge is -2.44. The molecule has 2 heterocycles. The number of aliphatic hydroxyl groups is 1. The van der Waals surface area contributed by atoms with Gasteiger partial charge in [-0.25, -0.2) is 0 Å². The topological polar surface area (TPSA) is 59.0 Å². The van der Waals surface area contributed by atoms with E-state index >= 15 is 0 Å². The molecule has 160 valence electrons. The molecular weight excluding hydrogens is 446 g/mol. The third-order valence-electron chi connectivity index (χ3n) is 6.79. The Balaban J connectivity index is 2.03. The number of ether oxygens (including phenoxy) is 2. The highest BCUT2D eigenvalue weighted by molar-refractivity contribution is 9.10. The van der Waals surface area contributed by atoms with Gasteiger partial charge in [-0.05, 0) is 52.8 Å². The number of carbonyl (C=O) groups is 1. The number of halogens is 1. The van der Waals surface area contributed by atoms with Crippen LogP contribution in [-0.4, -0.2) is 42.3 Å². The summed E-state index contributed by atoms with van der Waals surface area (Å²) in [5.74, 6) is 1.08. The maximum absolute atomic E-state index is 13.7. The van der Waals surface area contributed by atoms with Crippen molar-refractivity contribution in [1.29, 1.82) is 0 Å². The third-order valence-corrected chi connectivity index (χ3v) is 7.32. The molecule has 0 bridgehead atoms. The predicted octanol–water partition coefficient (Wildman–Crippen LogP) is 4.28. The first kappa shape index (κ1) is 21.2. The molecule has 1 N–H and O–H groups in total. The highest BCUT2D eigenvalue weighted by atomic mass is 79.9. The Kier molecular flexibility index (Phi) is 4.94. The molecule has 2 aromatic carbocycles. The Hall–Kier alpha value is -2.05. The van der Waals surface area contributed by atoms with Crippen LogP contribution in [0.4, 0.5) is 0 Å². The minimum atomic E-state index is -1.48. The van der Waals surface area contributed by atoms with E-state index in [0.29, 0.717) is 24.5 Å². The van der Waals surface area contributed by atoms with Gasteiger partial charge >= 0.3 is 0 Å². The third kappa shape index (κ3) is 2.80. The summed E-state index contributed by atoms with van der Waals surface area (Å²) < 4.78 is 12.1. The van der Waals surface area contributed by atoms with E-state index in [0.717, 1.165) is 21.2 Å². The van der Waals surface area contributed by atoms with Gasteiger partial charge in [-0.15, -0.1) is 0 Å². The summed E-state index contributed by atoms with van der Waals surface area (Å²) in [5.41, 5.74) is 0.217. The van der Waals surface area contributed by atoms with Crippen LogP contribution in [0.5, 0.6) is 11.5 Å². The van der Waals surface area contributed by atoms with Gasteiger partial charge in [0.2, 0.25) is 0 Å². The zero-order chi connectivity index (χ0) is 21.9. The SMILES string of the molecule is COc1cc2c(cc1OC)[C@]1(c3ccc(Br)cc3)C[C@@](O)(C(C)(C)C)C(=O)N1CC2. The van der Waals surface area contributed by atoms with Crippen molar-refractivity contribution in [3.63, 3.8) is 0 Å². The molecule has 0 spiro atoms. The van der Waals surface area contributed by atoms with Crippen molar-refractivity contribution in [2.75, 3.05) is 20.8 Å². The highest BCUT2D eigenvalue weighted by Gasteiger charge is 2.65. The molecule has 0 aliphatic carbocycles. The van der Waals surface area contributed by atoms with E-state index in [9.17, 15) is 9.90 Å². The van der Waals surface area contributed by atoms with Crippen molar-refractivity contribution in [3.8, 4) is 11.5 Å². The molecule has 2 aliphatic heterocycles. The summed E-state index contributed by atoms with van der Waals surface area (Å²) in [5, 5.41) is 11.7. The molecule has 5 nitrogen and oxygen atoms in total. The largest absolute Gasteiger partial charge is 0.493 e. The Morgan fingerprint density at radius 3 is 2.23 bits per heavy atom. The van der Waals surface area contributed by atoms with E-state index in [1.807, 2.05) is 62.1 Å². The van der Waals surface area contributed by atoms with Gasteiger partial charge in [0.05, 0.1) is 19.8 Å². The van der Waals surface area contributed by atoms with Gasteiger partial charge in [0, 0.05) is 17.4 Å². The second kappa shape index (κ2) is 6.99. The van der Waals surface area contributed by atoms with E-state index < -0.39 is 16.6 Å². The first-order valence-electron chi connectivity index (χ1n) is 10.1. The van der Waals surface area contributed by atoms with Gasteiger partial charge in [0.1, 0.15) is 0 Å². The second-order valence-electron chi connectivity index (χ2n) is 9.23. The van der Waals surface area contributed by atoms with Crippen LogP contribution in [-0.2, 0) is 16.8 Å². The number of hydrogen-bond donors (Lipinski definition) is 1. The molecule has 1 fully saturated rings. The number of hydrogen-bond acceptors (Lipinski definition) is 4. The number of benzene rings is 2. The fourth-order valence-electron chi connectivity index (χ4n) is 4.94. The number of rotatable bonds is 3. The smallest absolute Gasteiger partial charge is 0.256 e. The number of carbonyl (C=O) groups excluding carboxylic acids is 1. The average Bonchev–Trinajstić information content (AvgIpc) is 2.96. The molecule has 0 radical (unpaired) electrons. The summed E-state index contributed by atoms with van der Waals surface area (Å²) in [6.45, 7) is 6.31. The predicted molar refractivity (Wildman–Crippen MR) is 119 cm³/mol. The van der Waals surface area contributed by atoms with Gasteiger partial charge in [-0.2, -0.15) is 0 Å². The summed E-state index contributed by atoms with van der Waals surface area (Å²) >= 11 is 3.51. The normalized spacial score (nSPS) is 25.7. The van der Waals surface area contributed by atoms with Crippen LogP contribution < -0.4 is 9.47 Å². The molecule has 0 saturated carbocycles. The molecule has 6 heteroatoms. The minimum Gasteiger partial charge on any atom is -0.493 e. The fourth-order valence-corrected chi connectivity index (χ4v) is 5.21. The van der Waals surface area contributed by atoms with Gasteiger partial charge in [0.15, 0.2) is 17.1 Å². The molecule has 4 rings (SSSR count). The first-order valence-corrected chi connectivity index (χ1v) is 10.9. The Labute approximate surface area is 186 Å². The molecule has 1 saturated heterocycles. The molecule has 2 atom stereocenters. The van der Waals surface area contributed by atoms with Crippen LogP contribution in [0.2, 0.25) is 0 Å². The molecule has 0 unspecified atom stereocenters. The number of fused-ring (bicyclic) bond motifs is 3. The molecule has 0 aromatic heterocycles. The molecule has 30 heavy (non-hydrogen) atoms. The average molecular weight is 474 g/mol. The summed E-state index contributed by atoms with van der Waals surface area (Å²) in [6.07, 6.45) is 0.979. The van der Waals surface area contributed by atoms with Crippen molar-refractivity contribution in [3.05, 3.63) is 57.6 Å². The van der Waals surface area contributed by atoms with E-state index in [1.54, 1.807) is 14.2 Å². The second-order valence-corrected chi connectivity index (χ2v) is 10.1. The van der Waals surface area contributed by atoms with Crippen LogP contribution in [0.1, 0.15) is 43.9 Å². The highest BCUT2D eigenvalue weighted by Crippen LogP contribution is 2.57. The summed E-state index contributed by atoms with van der Waals surface area (Å²) in [7, 11) is 3.24. The number of nitrogens with zero attached hydrogens (tertiary/aromatic N) is 1. The number of methoxy groups -OCH3 is 2. The van der Waals surface area contributed by atoms with E-state index in [1.165, 1.54) is 0 Å². The van der Waals surface area contributed by atoms with E-state index in [4.69, 9.17) is 9.47 Å². The fraction of sp³-hybridized carbons (Fsp3) is 0.458. The summed E-state index contributed by atoms with van der Waals surface area (Å²) in [6, 6.07) is 12.0. The molecule has 2 aliphatic rings. The van der Waals surface area contributed by atoms with Gasteiger partial charge in [-0.1, -0.05) is 48.8 Å². The van der Waals surface area contributed by atoms with Crippen molar-refractivity contribution in [1.82, 2.24) is 4.90 Å². The van der Waals surface area contributed by atoms with E-state index in [-0.39, 0.29) is 12.3 Å². The van der Waals surface area contributed by atoms with Crippen molar-refractivity contribution in [2.45, 2.75) is 44.8 Å². The minimum absolute atomic E-state index is 0.210. The van der Waals surface area contributed by atoms with Crippen molar-refractivity contribution >= 4 is 21.8 Å². The molecular formula is C24H28BrNO4. The quantitative estimate of drug-likeness (QED) is 0.722. The van der Waals surface area contributed by atoms with Gasteiger partial charge in [-0.3, -0.25) is 4.79 Å². The van der Waals surface area contributed by atoms with Crippen LogP contribution in [0.3, 0.4) is 0 Å². The Morgan fingerprint density at radius 1 is 1.07 bits per heavy atom. The lowest BCUT2D eigenvalue weighted by atomic mass is 9.68. The van der Waals surface area contributed by atoms with Crippen molar-refractivity contribution < 1.29 is 19.4 Å². The standard InChI is InChI=1S/C24H28BrNO4/c1-22(2,3)24(28)14-23(16-6-8-17(25)9-7-16)18-13-20(30-5)19(29-4)12-15(18)10-11-26(23)21(24)27/h6-9,12-13,28H,10-11,14H2,1-5H3/t23-,24+/m1/s1. The first-order chi connectivity index (χ1) is 14.1. The Bertz CT molecular complexity index is 998. The molecule has 1 amide bonds. The van der Waals surface area contributed by atoms with Crippen LogP contribution in [0, 0.1) is 5.41 Å². The lowest BCUT2D eigenvalue weighted by Crippen LogP contribution is -2.51.